The van der Waals surface area contributed by atoms with Gasteiger partial charge in [-0.1, -0.05) is 20.3 Å². The number of hydrogen-bond acceptors (Lipinski definition) is 3. The first-order valence-electron chi connectivity index (χ1n) is 6.22. The van der Waals surface area contributed by atoms with Gasteiger partial charge in [-0.3, -0.25) is 4.90 Å². The van der Waals surface area contributed by atoms with E-state index >= 15 is 0 Å². The zero-order valence-corrected chi connectivity index (χ0v) is 10.5. The quantitative estimate of drug-likeness (QED) is 0.747. The van der Waals surface area contributed by atoms with Gasteiger partial charge in [-0.25, -0.2) is 0 Å². The molecule has 1 saturated heterocycles. The smallest absolute Gasteiger partial charge is 0.0589 e. The normalized spacial score (nSPS) is 26.2. The highest BCUT2D eigenvalue weighted by molar-refractivity contribution is 4.80. The number of ether oxygens (including phenoxy) is 1. The van der Waals surface area contributed by atoms with E-state index in [2.05, 4.69) is 24.1 Å². The molecule has 1 aliphatic heterocycles. The van der Waals surface area contributed by atoms with Crippen LogP contribution in [0.2, 0.25) is 0 Å². The lowest BCUT2D eigenvalue weighted by atomic mass is 9.99. The summed E-state index contributed by atoms with van der Waals surface area (Å²) < 4.78 is 5.15. The molecule has 2 unspecified atom stereocenters. The van der Waals surface area contributed by atoms with E-state index in [0.717, 1.165) is 19.1 Å². The van der Waals surface area contributed by atoms with E-state index in [1.807, 2.05) is 0 Å². The summed E-state index contributed by atoms with van der Waals surface area (Å²) in [6.07, 6.45) is 2.52. The molecule has 90 valence electrons. The average molecular weight is 214 g/mol. The van der Waals surface area contributed by atoms with Crippen molar-refractivity contribution in [3.05, 3.63) is 0 Å². The highest BCUT2D eigenvalue weighted by atomic mass is 16.5. The summed E-state index contributed by atoms with van der Waals surface area (Å²) in [6, 6.07) is 0.661. The molecule has 3 nitrogen and oxygen atoms in total. The predicted molar refractivity (Wildman–Crippen MR) is 64.2 cm³/mol. The highest BCUT2D eigenvalue weighted by Gasteiger charge is 2.21. The van der Waals surface area contributed by atoms with Crippen LogP contribution in [0.15, 0.2) is 0 Å². The van der Waals surface area contributed by atoms with Crippen molar-refractivity contribution >= 4 is 0 Å². The van der Waals surface area contributed by atoms with E-state index in [1.165, 1.54) is 32.5 Å². The molecule has 0 amide bonds. The molecule has 1 aliphatic rings. The summed E-state index contributed by atoms with van der Waals surface area (Å²) in [5.74, 6) is 0.771. The van der Waals surface area contributed by atoms with Gasteiger partial charge in [0.15, 0.2) is 0 Å². The van der Waals surface area contributed by atoms with E-state index in [1.54, 1.807) is 7.11 Å². The van der Waals surface area contributed by atoms with Crippen LogP contribution in [0, 0.1) is 5.92 Å². The molecule has 0 bridgehead atoms. The van der Waals surface area contributed by atoms with Gasteiger partial charge in [-0.15, -0.1) is 0 Å². The van der Waals surface area contributed by atoms with Gasteiger partial charge in [0.1, 0.15) is 0 Å². The van der Waals surface area contributed by atoms with Crippen molar-refractivity contribution < 1.29 is 4.74 Å². The van der Waals surface area contributed by atoms with E-state index in [-0.39, 0.29) is 0 Å². The Morgan fingerprint density at radius 3 is 3.00 bits per heavy atom. The van der Waals surface area contributed by atoms with Gasteiger partial charge in [0.05, 0.1) is 6.61 Å². The van der Waals surface area contributed by atoms with Crippen molar-refractivity contribution in [2.24, 2.45) is 5.92 Å². The van der Waals surface area contributed by atoms with E-state index < -0.39 is 0 Å². The van der Waals surface area contributed by atoms with Crippen LogP contribution in [0.5, 0.6) is 0 Å². The molecular formula is C12H26N2O. The second-order valence-electron chi connectivity index (χ2n) is 4.59. The van der Waals surface area contributed by atoms with Crippen LogP contribution in [0.1, 0.15) is 26.7 Å². The van der Waals surface area contributed by atoms with Gasteiger partial charge in [0.2, 0.25) is 0 Å². The van der Waals surface area contributed by atoms with Gasteiger partial charge in [0.25, 0.3) is 0 Å². The van der Waals surface area contributed by atoms with E-state index in [0.29, 0.717) is 6.04 Å². The van der Waals surface area contributed by atoms with Crippen molar-refractivity contribution in [2.45, 2.75) is 32.7 Å². The molecule has 2 atom stereocenters. The first-order valence-corrected chi connectivity index (χ1v) is 6.22. The first kappa shape index (κ1) is 12.9. The third-order valence-corrected chi connectivity index (χ3v) is 3.46. The first-order chi connectivity index (χ1) is 7.27. The van der Waals surface area contributed by atoms with Crippen molar-refractivity contribution in [1.29, 1.82) is 0 Å². The Kier molecular flexibility index (Phi) is 6.22. The van der Waals surface area contributed by atoms with Gasteiger partial charge in [-0.2, -0.15) is 0 Å². The monoisotopic (exact) mass is 214 g/mol. The molecule has 1 N–H and O–H groups in total. The predicted octanol–water partition coefficient (Wildman–Crippen LogP) is 1.34. The second kappa shape index (κ2) is 7.20. The minimum Gasteiger partial charge on any atom is -0.383 e. The summed E-state index contributed by atoms with van der Waals surface area (Å²) in [6.45, 7) is 10.1. The van der Waals surface area contributed by atoms with Crippen LogP contribution in [0.3, 0.4) is 0 Å². The number of nitrogens with one attached hydrogen (secondary N) is 1. The topological polar surface area (TPSA) is 24.5 Å². The molecule has 0 spiro atoms. The number of methoxy groups -OCH3 is 1. The van der Waals surface area contributed by atoms with Gasteiger partial charge in [-0.05, 0) is 25.4 Å². The number of hydrogen-bond donors (Lipinski definition) is 1. The molecule has 15 heavy (non-hydrogen) atoms. The second-order valence-corrected chi connectivity index (χ2v) is 4.59. The Morgan fingerprint density at radius 2 is 2.33 bits per heavy atom. The fourth-order valence-corrected chi connectivity index (χ4v) is 2.11. The Balaban J connectivity index is 2.38. The van der Waals surface area contributed by atoms with Crippen molar-refractivity contribution in [2.75, 3.05) is 39.9 Å². The molecule has 0 aromatic heterocycles. The molecular weight excluding hydrogens is 188 g/mol. The maximum absolute atomic E-state index is 5.15. The van der Waals surface area contributed by atoms with E-state index in [9.17, 15) is 0 Å². The summed E-state index contributed by atoms with van der Waals surface area (Å²) in [4.78, 5) is 2.53. The third-order valence-electron chi connectivity index (χ3n) is 3.46. The average Bonchev–Trinajstić information content (AvgIpc) is 2.50. The van der Waals surface area contributed by atoms with Crippen molar-refractivity contribution in [3.8, 4) is 0 Å². The lowest BCUT2D eigenvalue weighted by molar-refractivity contribution is 0.141. The summed E-state index contributed by atoms with van der Waals surface area (Å²) in [5, 5.41) is 3.66. The minimum atomic E-state index is 0.661. The Labute approximate surface area is 94.2 Å². The largest absolute Gasteiger partial charge is 0.383 e. The van der Waals surface area contributed by atoms with Crippen LogP contribution in [-0.2, 0) is 4.74 Å². The fourth-order valence-electron chi connectivity index (χ4n) is 2.11. The molecule has 0 aromatic carbocycles. The Morgan fingerprint density at radius 1 is 1.53 bits per heavy atom. The standard InChI is InChI=1S/C12H26N2O/c1-4-11(2)12-10-14(8-9-15-3)7-5-6-13-12/h11-13H,4-10H2,1-3H3. The Bertz CT molecular complexity index is 164. The highest BCUT2D eigenvalue weighted by Crippen LogP contribution is 2.11. The molecule has 1 heterocycles. The van der Waals surface area contributed by atoms with Crippen LogP contribution in [0.4, 0.5) is 0 Å². The van der Waals surface area contributed by atoms with Crippen LogP contribution in [-0.4, -0.2) is 50.8 Å². The van der Waals surface area contributed by atoms with Gasteiger partial charge in [0, 0.05) is 26.2 Å². The molecule has 1 fully saturated rings. The van der Waals surface area contributed by atoms with Crippen LogP contribution >= 0.6 is 0 Å². The summed E-state index contributed by atoms with van der Waals surface area (Å²) in [7, 11) is 1.78. The van der Waals surface area contributed by atoms with E-state index in [4.69, 9.17) is 4.74 Å². The molecule has 1 rings (SSSR count). The minimum absolute atomic E-state index is 0.661. The van der Waals surface area contributed by atoms with Crippen molar-refractivity contribution in [3.63, 3.8) is 0 Å². The number of nitrogens with zero attached hydrogens (tertiary/aromatic N) is 1. The molecule has 0 saturated carbocycles. The van der Waals surface area contributed by atoms with Gasteiger partial charge >= 0.3 is 0 Å². The molecule has 0 radical (unpaired) electrons. The molecule has 0 aliphatic carbocycles. The zero-order valence-electron chi connectivity index (χ0n) is 10.5. The molecule has 3 heteroatoms. The molecule has 0 aromatic rings. The maximum Gasteiger partial charge on any atom is 0.0589 e. The van der Waals surface area contributed by atoms with Crippen molar-refractivity contribution in [1.82, 2.24) is 10.2 Å². The lowest BCUT2D eigenvalue weighted by Crippen LogP contribution is -2.42. The van der Waals surface area contributed by atoms with Crippen LogP contribution in [0.25, 0.3) is 0 Å². The lowest BCUT2D eigenvalue weighted by Gasteiger charge is -2.27. The van der Waals surface area contributed by atoms with Crippen LogP contribution < -0.4 is 5.32 Å². The maximum atomic E-state index is 5.15. The SMILES string of the molecule is CCC(C)C1CN(CCOC)CCCN1. The van der Waals surface area contributed by atoms with Gasteiger partial charge < -0.3 is 10.1 Å². The third kappa shape index (κ3) is 4.49. The Hall–Kier alpha value is -0.120. The summed E-state index contributed by atoms with van der Waals surface area (Å²) >= 11 is 0. The summed E-state index contributed by atoms with van der Waals surface area (Å²) in [5.41, 5.74) is 0. The zero-order chi connectivity index (χ0) is 11.1. The number of rotatable bonds is 5. The fraction of sp³-hybridized carbons (Fsp3) is 1.00.